The van der Waals surface area contributed by atoms with Gasteiger partial charge < -0.3 is 10.1 Å². The highest BCUT2D eigenvalue weighted by Gasteiger charge is 2.13. The lowest BCUT2D eigenvalue weighted by atomic mass is 10.1. The minimum atomic E-state index is -2.93. The lowest BCUT2D eigenvalue weighted by molar-refractivity contribution is -0.122. The van der Waals surface area contributed by atoms with E-state index >= 15 is 0 Å². The van der Waals surface area contributed by atoms with Crippen LogP contribution in [0.1, 0.15) is 24.9 Å². The first-order valence-corrected chi connectivity index (χ1v) is 8.91. The molecule has 1 heterocycles. The predicted molar refractivity (Wildman–Crippen MR) is 103 cm³/mol. The molecule has 3 rings (SSSR count). The zero-order valence-electron chi connectivity index (χ0n) is 15.5. The molecule has 1 unspecified atom stereocenters. The van der Waals surface area contributed by atoms with Crippen LogP contribution in [0, 0.1) is 0 Å². The van der Waals surface area contributed by atoms with Gasteiger partial charge in [-0.15, -0.1) is 0 Å². The Morgan fingerprint density at radius 3 is 2.69 bits per heavy atom. The molecule has 0 aliphatic rings. The number of ether oxygens (including phenoxy) is 1. The van der Waals surface area contributed by atoms with Gasteiger partial charge in [-0.05, 0) is 36.8 Å². The number of hydrogen-bond donors (Lipinski definition) is 2. The van der Waals surface area contributed by atoms with Crippen molar-refractivity contribution in [2.24, 2.45) is 0 Å². The summed E-state index contributed by atoms with van der Waals surface area (Å²) in [5, 5.41) is 3.11. The van der Waals surface area contributed by atoms with E-state index in [1.165, 1.54) is 16.7 Å². The number of aryl methyl sites for hydroxylation is 1. The molecule has 1 amide bonds. The molecule has 1 atom stereocenters. The lowest BCUT2D eigenvalue weighted by Gasteiger charge is -2.16. The van der Waals surface area contributed by atoms with Crippen LogP contribution in [-0.4, -0.2) is 22.1 Å². The zero-order chi connectivity index (χ0) is 21.0. The summed E-state index contributed by atoms with van der Waals surface area (Å²) in [5.41, 5.74) is -0.0284. The highest BCUT2D eigenvalue weighted by Crippen LogP contribution is 2.20. The van der Waals surface area contributed by atoms with Crippen LogP contribution in [0.5, 0.6) is 5.75 Å². The van der Waals surface area contributed by atoms with E-state index in [4.69, 9.17) is 0 Å². The number of aromatic amines is 1. The molecule has 2 N–H and O–H groups in total. The van der Waals surface area contributed by atoms with E-state index < -0.39 is 23.9 Å². The molecule has 0 bridgehead atoms. The van der Waals surface area contributed by atoms with Gasteiger partial charge in [0.1, 0.15) is 5.75 Å². The first kappa shape index (κ1) is 20.2. The molecular formula is C20H19F2N3O4. The summed E-state index contributed by atoms with van der Waals surface area (Å²) in [6.45, 7) is -1.15. The molecule has 9 heteroatoms. The van der Waals surface area contributed by atoms with E-state index in [0.29, 0.717) is 16.5 Å². The van der Waals surface area contributed by atoms with Crippen molar-refractivity contribution in [1.82, 2.24) is 14.9 Å². The Bertz CT molecular complexity index is 1140. The number of para-hydroxylation sites is 1. The van der Waals surface area contributed by atoms with Gasteiger partial charge >= 0.3 is 12.3 Å². The molecule has 7 nitrogen and oxygen atoms in total. The fourth-order valence-electron chi connectivity index (χ4n) is 3.03. The van der Waals surface area contributed by atoms with Gasteiger partial charge in [-0.25, -0.2) is 4.79 Å². The minimum absolute atomic E-state index is 0.00450. The number of hydrogen-bond acceptors (Lipinski definition) is 4. The smallest absolute Gasteiger partial charge is 0.387 e. The van der Waals surface area contributed by atoms with Crippen LogP contribution in [0.2, 0.25) is 0 Å². The van der Waals surface area contributed by atoms with Crippen molar-refractivity contribution < 1.29 is 18.3 Å². The van der Waals surface area contributed by atoms with Crippen LogP contribution in [-0.2, 0) is 11.3 Å². The number of amides is 1. The molecule has 152 valence electrons. The molecular weight excluding hydrogens is 384 g/mol. The second kappa shape index (κ2) is 8.68. The molecule has 0 spiro atoms. The van der Waals surface area contributed by atoms with Crippen molar-refractivity contribution in [3.05, 3.63) is 74.9 Å². The second-order valence-electron chi connectivity index (χ2n) is 6.42. The summed E-state index contributed by atoms with van der Waals surface area (Å²) >= 11 is 0. The van der Waals surface area contributed by atoms with Crippen LogP contribution in [0.25, 0.3) is 10.9 Å². The van der Waals surface area contributed by atoms with E-state index in [2.05, 4.69) is 15.0 Å². The summed E-state index contributed by atoms with van der Waals surface area (Å²) in [7, 11) is 0. The van der Waals surface area contributed by atoms with Gasteiger partial charge in [0, 0.05) is 13.0 Å². The van der Waals surface area contributed by atoms with Gasteiger partial charge in [-0.1, -0.05) is 24.3 Å². The lowest BCUT2D eigenvalue weighted by Crippen LogP contribution is -2.33. The maximum atomic E-state index is 12.4. The van der Waals surface area contributed by atoms with E-state index in [0.717, 1.165) is 0 Å². The Kier molecular flexibility index (Phi) is 6.06. The topological polar surface area (TPSA) is 93.2 Å². The van der Waals surface area contributed by atoms with Crippen molar-refractivity contribution in [3.63, 3.8) is 0 Å². The Labute approximate surface area is 163 Å². The number of halogens is 2. The molecule has 2 aromatic carbocycles. The molecule has 29 heavy (non-hydrogen) atoms. The third-order valence-corrected chi connectivity index (χ3v) is 4.43. The van der Waals surface area contributed by atoms with Crippen molar-refractivity contribution in [2.45, 2.75) is 32.5 Å². The minimum Gasteiger partial charge on any atom is -0.435 e. The molecule has 3 aromatic rings. The van der Waals surface area contributed by atoms with Crippen LogP contribution < -0.4 is 21.3 Å². The van der Waals surface area contributed by atoms with Crippen molar-refractivity contribution in [3.8, 4) is 5.75 Å². The Hall–Kier alpha value is -3.49. The monoisotopic (exact) mass is 403 g/mol. The third kappa shape index (κ3) is 4.87. The van der Waals surface area contributed by atoms with E-state index in [9.17, 15) is 23.2 Å². The highest BCUT2D eigenvalue weighted by atomic mass is 19.3. The number of alkyl halides is 2. The summed E-state index contributed by atoms with van der Waals surface area (Å²) in [5.74, 6) is -0.329. The van der Waals surface area contributed by atoms with Crippen LogP contribution in [0.15, 0.2) is 58.1 Å². The van der Waals surface area contributed by atoms with Gasteiger partial charge in [-0.3, -0.25) is 19.1 Å². The first-order chi connectivity index (χ1) is 13.8. The molecule has 0 saturated heterocycles. The van der Waals surface area contributed by atoms with Crippen molar-refractivity contribution in [2.75, 3.05) is 0 Å². The maximum absolute atomic E-state index is 12.4. The van der Waals surface area contributed by atoms with Crippen molar-refractivity contribution in [1.29, 1.82) is 0 Å². The number of carbonyl (C=O) groups excluding carboxylic acids is 1. The van der Waals surface area contributed by atoms with Gasteiger partial charge in [0.15, 0.2) is 0 Å². The quantitative estimate of drug-likeness (QED) is 0.634. The number of rotatable bonds is 7. The predicted octanol–water partition coefficient (Wildman–Crippen LogP) is 2.56. The van der Waals surface area contributed by atoms with Gasteiger partial charge in [0.05, 0.1) is 16.9 Å². The van der Waals surface area contributed by atoms with Crippen LogP contribution >= 0.6 is 0 Å². The summed E-state index contributed by atoms with van der Waals surface area (Å²) in [4.78, 5) is 38.6. The molecule has 0 fully saturated rings. The second-order valence-corrected chi connectivity index (χ2v) is 6.42. The zero-order valence-corrected chi connectivity index (χ0v) is 15.5. The molecule has 0 saturated carbocycles. The Morgan fingerprint density at radius 1 is 1.17 bits per heavy atom. The Balaban J connectivity index is 1.69. The largest absolute Gasteiger partial charge is 0.435 e. The maximum Gasteiger partial charge on any atom is 0.387 e. The number of aromatic nitrogens is 2. The number of fused-ring (bicyclic) bond motifs is 1. The molecule has 1 aromatic heterocycles. The van der Waals surface area contributed by atoms with E-state index in [1.54, 1.807) is 43.3 Å². The van der Waals surface area contributed by atoms with E-state index in [1.807, 2.05) is 0 Å². The summed E-state index contributed by atoms with van der Waals surface area (Å²) in [6.07, 6.45) is -0.00644. The van der Waals surface area contributed by atoms with Gasteiger partial charge in [-0.2, -0.15) is 8.78 Å². The SMILES string of the molecule is CC(NC(=O)CCn1c(=O)[nH]c(=O)c2ccccc21)c1cccc(OC(F)F)c1. The average molecular weight is 403 g/mol. The van der Waals surface area contributed by atoms with Crippen molar-refractivity contribution >= 4 is 16.8 Å². The molecule has 0 radical (unpaired) electrons. The third-order valence-electron chi connectivity index (χ3n) is 4.43. The summed E-state index contributed by atoms with van der Waals surface area (Å²) < 4.78 is 30.4. The highest BCUT2D eigenvalue weighted by molar-refractivity contribution is 5.79. The first-order valence-electron chi connectivity index (χ1n) is 8.91. The van der Waals surface area contributed by atoms with Gasteiger partial charge in [0.2, 0.25) is 5.91 Å². The van der Waals surface area contributed by atoms with E-state index in [-0.39, 0.29) is 24.6 Å². The number of nitrogens with zero attached hydrogens (tertiary/aromatic N) is 1. The Morgan fingerprint density at radius 2 is 1.93 bits per heavy atom. The standard InChI is InChI=1S/C20H19F2N3O4/c1-12(13-5-4-6-14(11-13)29-19(21)22)23-17(26)9-10-25-16-8-3-2-7-15(16)18(27)24-20(25)28/h2-8,11-12,19H,9-10H2,1H3,(H,23,26)(H,24,27,28). The van der Waals surface area contributed by atoms with Gasteiger partial charge in [0.25, 0.3) is 5.56 Å². The average Bonchev–Trinajstić information content (AvgIpc) is 2.67. The molecule has 0 aliphatic heterocycles. The number of carbonyl (C=O) groups is 1. The number of nitrogens with one attached hydrogen (secondary N) is 2. The number of H-pyrrole nitrogens is 1. The molecule has 0 aliphatic carbocycles. The fourth-order valence-corrected chi connectivity index (χ4v) is 3.03. The van der Waals surface area contributed by atoms with Crippen LogP contribution in [0.3, 0.4) is 0 Å². The summed E-state index contributed by atoms with van der Waals surface area (Å²) in [6, 6.07) is 12.2. The normalized spacial score (nSPS) is 12.1. The van der Waals surface area contributed by atoms with Crippen LogP contribution in [0.4, 0.5) is 8.78 Å². The number of benzene rings is 2. The fraction of sp³-hybridized carbons (Fsp3) is 0.250.